The summed E-state index contributed by atoms with van der Waals surface area (Å²) >= 11 is 0. The lowest BCUT2D eigenvalue weighted by Gasteiger charge is -2.08. The predicted octanol–water partition coefficient (Wildman–Crippen LogP) is 3.36. The molecule has 4 heteroatoms. The average Bonchev–Trinajstić information content (AvgIpc) is 2.40. The first kappa shape index (κ1) is 12.2. The fourth-order valence-electron chi connectivity index (χ4n) is 1.51. The molecule has 0 saturated heterocycles. The number of aldehydes is 1. The molecule has 0 N–H and O–H groups in total. The molecule has 2 aromatic rings. The van der Waals surface area contributed by atoms with Gasteiger partial charge in [-0.25, -0.2) is 8.78 Å². The van der Waals surface area contributed by atoms with Crippen molar-refractivity contribution in [3.63, 3.8) is 0 Å². The summed E-state index contributed by atoms with van der Waals surface area (Å²) in [4.78, 5) is 10.8. The van der Waals surface area contributed by atoms with E-state index < -0.39 is 11.6 Å². The van der Waals surface area contributed by atoms with Gasteiger partial charge in [0.1, 0.15) is 18.6 Å². The molecular weight excluding hydrogens is 238 g/mol. The van der Waals surface area contributed by atoms with Crippen molar-refractivity contribution in [1.29, 1.82) is 0 Å². The van der Waals surface area contributed by atoms with Crippen LogP contribution in [-0.4, -0.2) is 6.29 Å². The molecule has 0 unspecified atom stereocenters. The van der Waals surface area contributed by atoms with Crippen LogP contribution in [0.4, 0.5) is 8.78 Å². The molecule has 0 aromatic heterocycles. The fourth-order valence-corrected chi connectivity index (χ4v) is 1.51. The molecule has 18 heavy (non-hydrogen) atoms. The van der Waals surface area contributed by atoms with Crippen LogP contribution in [0.5, 0.6) is 5.75 Å². The molecule has 2 aromatic carbocycles. The average molecular weight is 248 g/mol. The molecule has 0 aliphatic heterocycles. The van der Waals surface area contributed by atoms with Crippen LogP contribution in [0.2, 0.25) is 0 Å². The van der Waals surface area contributed by atoms with E-state index in [1.807, 2.05) is 0 Å². The first-order chi connectivity index (χ1) is 8.70. The molecular formula is C14H10F2O2. The smallest absolute Gasteiger partial charge is 0.162 e. The zero-order valence-electron chi connectivity index (χ0n) is 9.40. The fraction of sp³-hybridized carbons (Fsp3) is 0.0714. The molecule has 0 aliphatic rings. The van der Waals surface area contributed by atoms with Crippen LogP contribution in [-0.2, 0) is 6.61 Å². The van der Waals surface area contributed by atoms with Crippen molar-refractivity contribution >= 4 is 6.29 Å². The zero-order chi connectivity index (χ0) is 13.0. The maximum atomic E-state index is 12.9. The van der Waals surface area contributed by atoms with Crippen molar-refractivity contribution in [3.05, 3.63) is 65.2 Å². The lowest BCUT2D eigenvalue weighted by Crippen LogP contribution is -2.00. The second-order valence-corrected chi connectivity index (χ2v) is 3.68. The first-order valence-electron chi connectivity index (χ1n) is 5.31. The largest absolute Gasteiger partial charge is 0.489 e. The van der Waals surface area contributed by atoms with Crippen molar-refractivity contribution < 1.29 is 18.3 Å². The third kappa shape index (κ3) is 2.71. The number of carbonyl (C=O) groups is 1. The van der Waals surface area contributed by atoms with Crippen molar-refractivity contribution in [2.75, 3.05) is 0 Å². The molecule has 0 spiro atoms. The zero-order valence-corrected chi connectivity index (χ0v) is 9.40. The van der Waals surface area contributed by atoms with Gasteiger partial charge in [-0.3, -0.25) is 4.79 Å². The summed E-state index contributed by atoms with van der Waals surface area (Å²) in [7, 11) is 0. The summed E-state index contributed by atoms with van der Waals surface area (Å²) in [5.74, 6) is -1.67. The molecule has 0 aliphatic carbocycles. The van der Waals surface area contributed by atoms with Crippen LogP contribution >= 0.6 is 0 Å². The van der Waals surface area contributed by atoms with Gasteiger partial charge >= 0.3 is 0 Å². The monoisotopic (exact) mass is 248 g/mol. The molecule has 0 radical (unpaired) electrons. The van der Waals surface area contributed by atoms with E-state index in [4.69, 9.17) is 4.74 Å². The van der Waals surface area contributed by atoms with E-state index in [1.165, 1.54) is 6.07 Å². The van der Waals surface area contributed by atoms with E-state index in [0.717, 1.165) is 18.4 Å². The number of rotatable bonds is 4. The highest BCUT2D eigenvalue weighted by molar-refractivity contribution is 5.77. The van der Waals surface area contributed by atoms with Gasteiger partial charge < -0.3 is 4.74 Å². The summed E-state index contributed by atoms with van der Waals surface area (Å²) in [6.45, 7) is 0.125. The maximum Gasteiger partial charge on any atom is 0.162 e. The lowest BCUT2D eigenvalue weighted by molar-refractivity contribution is 0.112. The van der Waals surface area contributed by atoms with Gasteiger partial charge in [0.2, 0.25) is 0 Å². The molecule has 2 rings (SSSR count). The minimum Gasteiger partial charge on any atom is -0.489 e. The molecule has 0 saturated carbocycles. The van der Waals surface area contributed by atoms with E-state index in [0.29, 0.717) is 11.1 Å². The Morgan fingerprint density at radius 1 is 1.06 bits per heavy atom. The molecule has 0 amide bonds. The van der Waals surface area contributed by atoms with Crippen molar-refractivity contribution in [1.82, 2.24) is 0 Å². The van der Waals surface area contributed by atoms with Gasteiger partial charge in [0, 0.05) is 11.6 Å². The van der Waals surface area contributed by atoms with Crippen LogP contribution in [0.1, 0.15) is 15.9 Å². The number of benzene rings is 2. The minimum atomic E-state index is -0.962. The van der Waals surface area contributed by atoms with Gasteiger partial charge in [-0.1, -0.05) is 24.3 Å². The van der Waals surface area contributed by atoms with Crippen LogP contribution < -0.4 is 4.74 Å². The number of halogens is 2. The molecule has 2 nitrogen and oxygen atoms in total. The van der Waals surface area contributed by atoms with Crippen LogP contribution in [0.15, 0.2) is 42.5 Å². The van der Waals surface area contributed by atoms with E-state index in [1.54, 1.807) is 24.3 Å². The maximum absolute atomic E-state index is 12.9. The SMILES string of the molecule is O=Cc1ccccc1COc1ccc(F)c(F)c1. The summed E-state index contributed by atoms with van der Waals surface area (Å²) < 4.78 is 30.9. The summed E-state index contributed by atoms with van der Waals surface area (Å²) in [5.41, 5.74) is 1.21. The summed E-state index contributed by atoms with van der Waals surface area (Å²) in [5, 5.41) is 0. The highest BCUT2D eigenvalue weighted by Crippen LogP contribution is 2.17. The Bertz CT molecular complexity index is 567. The third-order valence-corrected chi connectivity index (χ3v) is 2.47. The quantitative estimate of drug-likeness (QED) is 0.775. The Kier molecular flexibility index (Phi) is 3.67. The topological polar surface area (TPSA) is 26.3 Å². The van der Waals surface area contributed by atoms with Crippen molar-refractivity contribution in [2.24, 2.45) is 0 Å². The lowest BCUT2D eigenvalue weighted by atomic mass is 10.1. The summed E-state index contributed by atoms with van der Waals surface area (Å²) in [6.07, 6.45) is 0.726. The number of hydrogen-bond acceptors (Lipinski definition) is 2. The first-order valence-corrected chi connectivity index (χ1v) is 5.31. The Hall–Kier alpha value is -2.23. The highest BCUT2D eigenvalue weighted by Gasteiger charge is 2.05. The Balaban J connectivity index is 2.11. The van der Waals surface area contributed by atoms with Gasteiger partial charge in [0.05, 0.1) is 0 Å². The number of carbonyl (C=O) groups excluding carboxylic acids is 1. The molecule has 0 fully saturated rings. The summed E-state index contributed by atoms with van der Waals surface area (Å²) in [6, 6.07) is 10.2. The van der Waals surface area contributed by atoms with E-state index in [-0.39, 0.29) is 12.4 Å². The van der Waals surface area contributed by atoms with Gasteiger partial charge in [-0.15, -0.1) is 0 Å². The predicted molar refractivity (Wildman–Crippen MR) is 62.5 cm³/mol. The normalized spacial score (nSPS) is 10.1. The van der Waals surface area contributed by atoms with Crippen LogP contribution in [0, 0.1) is 11.6 Å². The molecule has 0 heterocycles. The van der Waals surface area contributed by atoms with E-state index in [2.05, 4.69) is 0 Å². The van der Waals surface area contributed by atoms with Crippen molar-refractivity contribution in [2.45, 2.75) is 6.61 Å². The van der Waals surface area contributed by atoms with Crippen LogP contribution in [0.3, 0.4) is 0 Å². The standard InChI is InChI=1S/C14H10F2O2/c15-13-6-5-12(7-14(13)16)18-9-11-4-2-1-3-10(11)8-17/h1-8H,9H2. The second-order valence-electron chi connectivity index (χ2n) is 3.68. The number of hydrogen-bond donors (Lipinski definition) is 0. The van der Waals surface area contributed by atoms with Gasteiger partial charge in [-0.2, -0.15) is 0 Å². The minimum absolute atomic E-state index is 0.125. The van der Waals surface area contributed by atoms with E-state index >= 15 is 0 Å². The van der Waals surface area contributed by atoms with Crippen LogP contribution in [0.25, 0.3) is 0 Å². The van der Waals surface area contributed by atoms with Gasteiger partial charge in [-0.05, 0) is 17.7 Å². The second kappa shape index (κ2) is 5.40. The van der Waals surface area contributed by atoms with Gasteiger partial charge in [0.15, 0.2) is 11.6 Å². The molecule has 92 valence electrons. The molecule has 0 atom stereocenters. The van der Waals surface area contributed by atoms with E-state index in [9.17, 15) is 13.6 Å². The third-order valence-electron chi connectivity index (χ3n) is 2.47. The number of ether oxygens (including phenoxy) is 1. The Morgan fingerprint density at radius 3 is 2.56 bits per heavy atom. The Labute approximate surface area is 103 Å². The van der Waals surface area contributed by atoms with Crippen molar-refractivity contribution in [3.8, 4) is 5.75 Å². The van der Waals surface area contributed by atoms with Gasteiger partial charge in [0.25, 0.3) is 0 Å². The molecule has 0 bridgehead atoms. The highest BCUT2D eigenvalue weighted by atomic mass is 19.2. The Morgan fingerprint density at radius 2 is 1.83 bits per heavy atom.